The van der Waals surface area contributed by atoms with Crippen LogP contribution >= 0.6 is 0 Å². The van der Waals surface area contributed by atoms with E-state index in [1.807, 2.05) is 60.7 Å². The fourth-order valence-corrected chi connectivity index (χ4v) is 5.66. The van der Waals surface area contributed by atoms with E-state index in [1.165, 1.54) is 12.1 Å². The molecule has 0 radical (unpaired) electrons. The maximum absolute atomic E-state index is 13.5. The number of ketones is 1. The monoisotopic (exact) mass is 523 g/mol. The maximum Gasteiger partial charge on any atom is 0.416 e. The van der Waals surface area contributed by atoms with Crippen LogP contribution in [-0.2, 0) is 15.7 Å². The Bertz CT molecular complexity index is 1260. The molecule has 0 aromatic heterocycles. The second-order valence-corrected chi connectivity index (χ2v) is 10.3. The van der Waals surface area contributed by atoms with Gasteiger partial charge < -0.3 is 14.5 Å². The number of anilines is 1. The Labute approximate surface area is 219 Å². The molecule has 2 unspecified atom stereocenters. The highest BCUT2D eigenvalue weighted by atomic mass is 19.4. The molecule has 3 aromatic rings. The molecule has 3 aliphatic rings. The van der Waals surface area contributed by atoms with Crippen molar-refractivity contribution in [2.45, 2.75) is 31.2 Å². The van der Waals surface area contributed by atoms with E-state index in [9.17, 15) is 22.8 Å². The predicted octanol–water partition coefficient (Wildman–Crippen LogP) is 5.89. The number of Topliss-reactive ketones (excluding diaryl/α,β-unsaturated/α-hetero) is 1. The van der Waals surface area contributed by atoms with Crippen LogP contribution in [0, 0.1) is 5.92 Å². The van der Waals surface area contributed by atoms with Crippen molar-refractivity contribution in [3.63, 3.8) is 0 Å². The highest BCUT2D eigenvalue weighted by Gasteiger charge is 2.49. The first kappa shape index (κ1) is 26.0. The molecular weight excluding hydrogens is 493 g/mol. The van der Waals surface area contributed by atoms with E-state index in [4.69, 9.17) is 4.74 Å². The number of nitrogens with one attached hydrogen (secondary N) is 1. The minimum absolute atomic E-state index is 0.177. The normalized spacial score (nSPS) is 23.4. The summed E-state index contributed by atoms with van der Waals surface area (Å²) >= 11 is 0. The summed E-state index contributed by atoms with van der Waals surface area (Å²) in [6, 6.07) is 22.6. The molecule has 1 N–H and O–H groups in total. The summed E-state index contributed by atoms with van der Waals surface area (Å²) in [7, 11) is 0. The Morgan fingerprint density at radius 3 is 2.11 bits per heavy atom. The van der Waals surface area contributed by atoms with Crippen LogP contribution in [0.15, 0.2) is 84.9 Å². The average Bonchev–Trinajstić information content (AvgIpc) is 2.93. The Kier molecular flexibility index (Phi) is 7.25. The molecule has 3 heterocycles. The summed E-state index contributed by atoms with van der Waals surface area (Å²) in [5.41, 5.74) is 1.09. The first-order valence-corrected chi connectivity index (χ1v) is 12.9. The lowest BCUT2D eigenvalue weighted by Crippen LogP contribution is -2.65. The number of nitrogens with zero attached hydrogens (tertiary/aromatic N) is 1. The molecule has 3 fully saturated rings. The van der Waals surface area contributed by atoms with Crippen LogP contribution in [0.25, 0.3) is 0 Å². The molecule has 3 aromatic carbocycles. The van der Waals surface area contributed by atoms with E-state index in [0.29, 0.717) is 11.0 Å². The Balaban J connectivity index is 1.29. The predicted molar refractivity (Wildman–Crippen MR) is 137 cm³/mol. The summed E-state index contributed by atoms with van der Waals surface area (Å²) in [4.78, 5) is 26.6. The zero-order chi connectivity index (χ0) is 26.8. The number of carbonyl (C=O) groups is 2. The van der Waals surface area contributed by atoms with Crippen LogP contribution in [0.2, 0.25) is 0 Å². The van der Waals surface area contributed by atoms with Gasteiger partial charge in [-0.1, -0.05) is 60.7 Å². The van der Waals surface area contributed by atoms with Gasteiger partial charge in [0.15, 0.2) is 12.1 Å². The molecular formula is C30H30F3N2O3+. The second-order valence-electron chi connectivity index (χ2n) is 10.3. The number of piperidine rings is 3. The molecule has 38 heavy (non-hydrogen) atoms. The van der Waals surface area contributed by atoms with Crippen molar-refractivity contribution >= 4 is 17.4 Å². The fourth-order valence-electron chi connectivity index (χ4n) is 5.66. The Hall–Kier alpha value is -3.65. The smallest absolute Gasteiger partial charge is 0.416 e. The van der Waals surface area contributed by atoms with Crippen molar-refractivity contribution in [3.05, 3.63) is 102 Å². The number of fused-ring (bicyclic) bond motifs is 3. The summed E-state index contributed by atoms with van der Waals surface area (Å²) in [6.45, 7) is 2.27. The van der Waals surface area contributed by atoms with Crippen LogP contribution in [0.1, 0.15) is 40.4 Å². The summed E-state index contributed by atoms with van der Waals surface area (Å²) < 4.78 is 45.4. The summed E-state index contributed by atoms with van der Waals surface area (Å²) in [5, 5.41) is 3.29. The van der Waals surface area contributed by atoms with Crippen molar-refractivity contribution in [3.8, 4) is 0 Å². The van der Waals surface area contributed by atoms with Gasteiger partial charge in [0.1, 0.15) is 13.1 Å². The second kappa shape index (κ2) is 10.6. The molecule has 6 rings (SSSR count). The molecule has 0 amide bonds. The molecule has 8 heteroatoms. The molecule has 5 nitrogen and oxygen atoms in total. The van der Waals surface area contributed by atoms with Gasteiger partial charge in [0.25, 0.3) is 0 Å². The minimum Gasteiger partial charge on any atom is -0.454 e. The lowest BCUT2D eigenvalue weighted by molar-refractivity contribution is -0.938. The third kappa shape index (κ3) is 5.75. The van der Waals surface area contributed by atoms with Crippen LogP contribution in [0.3, 0.4) is 0 Å². The van der Waals surface area contributed by atoms with Gasteiger partial charge in [0, 0.05) is 30.0 Å². The van der Waals surface area contributed by atoms with Crippen LogP contribution in [0.4, 0.5) is 18.9 Å². The number of carbonyl (C=O) groups excluding carboxylic acids is 2. The van der Waals surface area contributed by atoms with Crippen LogP contribution in [0.5, 0.6) is 0 Å². The molecule has 3 saturated heterocycles. The number of rotatable bonds is 8. The number of ether oxygens (including phenoxy) is 1. The van der Waals surface area contributed by atoms with Crippen LogP contribution in [-0.4, -0.2) is 48.5 Å². The van der Waals surface area contributed by atoms with Gasteiger partial charge in [0.05, 0.1) is 18.7 Å². The number of hydrogen-bond acceptors (Lipinski definition) is 4. The van der Waals surface area contributed by atoms with Crippen LogP contribution < -0.4 is 5.32 Å². The van der Waals surface area contributed by atoms with Crippen molar-refractivity contribution < 1.29 is 32.0 Å². The van der Waals surface area contributed by atoms with E-state index >= 15 is 0 Å². The molecule has 2 bridgehead atoms. The quantitative estimate of drug-likeness (QED) is 0.227. The Morgan fingerprint density at radius 2 is 1.50 bits per heavy atom. The molecule has 0 saturated carbocycles. The van der Waals surface area contributed by atoms with Crippen molar-refractivity contribution in [1.29, 1.82) is 0 Å². The highest BCUT2D eigenvalue weighted by Crippen LogP contribution is 2.37. The van der Waals surface area contributed by atoms with Gasteiger partial charge >= 0.3 is 12.1 Å². The number of alkyl halides is 3. The maximum atomic E-state index is 13.5. The molecule has 3 aliphatic heterocycles. The standard InChI is InChI=1S/C30H30F3N2O3/c31-30(32,33)24-13-11-21(12-14-24)26(36)19-35-17-15-22(16-18-35)27(20-35)38-29(37)28(23-7-3-1-4-8-23)34-25-9-5-2-6-10-25/h1-14,22,27-28,34H,15-20H2/q+1. The lowest BCUT2D eigenvalue weighted by Gasteiger charge is -2.51. The van der Waals surface area contributed by atoms with Gasteiger partial charge in [-0.15, -0.1) is 0 Å². The molecule has 198 valence electrons. The van der Waals surface area contributed by atoms with Gasteiger partial charge in [-0.25, -0.2) is 4.79 Å². The minimum atomic E-state index is -4.44. The molecule has 2 atom stereocenters. The van der Waals surface area contributed by atoms with E-state index in [0.717, 1.165) is 49.3 Å². The fraction of sp³-hybridized carbons (Fsp3) is 0.333. The first-order valence-electron chi connectivity index (χ1n) is 12.9. The molecule has 0 spiro atoms. The van der Waals surface area contributed by atoms with Crippen molar-refractivity contribution in [2.24, 2.45) is 5.92 Å². The topological polar surface area (TPSA) is 55.4 Å². The van der Waals surface area contributed by atoms with E-state index in [-0.39, 0.29) is 35.9 Å². The zero-order valence-electron chi connectivity index (χ0n) is 20.9. The summed E-state index contributed by atoms with van der Waals surface area (Å²) in [5.74, 6) is -0.337. The van der Waals surface area contributed by atoms with Gasteiger partial charge in [-0.3, -0.25) is 4.79 Å². The number of hydrogen-bond donors (Lipinski definition) is 1. The van der Waals surface area contributed by atoms with Crippen molar-refractivity contribution in [2.75, 3.05) is 31.5 Å². The lowest BCUT2D eigenvalue weighted by atomic mass is 9.82. The SMILES string of the molecule is O=C(C[N+]12CCC(CC1)C(OC(=O)C(Nc1ccccc1)c1ccccc1)C2)c1ccc(C(F)(F)F)cc1. The number of para-hydroxylation sites is 1. The Morgan fingerprint density at radius 1 is 0.895 bits per heavy atom. The third-order valence-corrected chi connectivity index (χ3v) is 7.78. The largest absolute Gasteiger partial charge is 0.454 e. The van der Waals surface area contributed by atoms with E-state index in [1.54, 1.807) is 0 Å². The van der Waals surface area contributed by atoms with E-state index in [2.05, 4.69) is 5.32 Å². The van der Waals surface area contributed by atoms with Gasteiger partial charge in [-0.2, -0.15) is 13.2 Å². The van der Waals surface area contributed by atoms with Gasteiger partial charge in [0.2, 0.25) is 5.78 Å². The number of benzene rings is 3. The third-order valence-electron chi connectivity index (χ3n) is 7.78. The average molecular weight is 524 g/mol. The molecule has 0 aliphatic carbocycles. The number of halogens is 3. The number of quaternary nitrogens is 1. The first-order chi connectivity index (χ1) is 18.2. The van der Waals surface area contributed by atoms with Crippen molar-refractivity contribution in [1.82, 2.24) is 0 Å². The van der Waals surface area contributed by atoms with Gasteiger partial charge in [-0.05, 0) is 29.8 Å². The zero-order valence-corrected chi connectivity index (χ0v) is 20.9. The highest BCUT2D eigenvalue weighted by molar-refractivity contribution is 5.97. The van der Waals surface area contributed by atoms with E-state index < -0.39 is 17.8 Å². The number of esters is 1. The summed E-state index contributed by atoms with van der Waals surface area (Å²) in [6.07, 6.45) is -3.10.